The van der Waals surface area contributed by atoms with Crippen molar-refractivity contribution >= 4 is 27.7 Å². The van der Waals surface area contributed by atoms with E-state index in [1.807, 2.05) is 7.05 Å². The minimum atomic E-state index is 0.660. The lowest BCUT2D eigenvalue weighted by Crippen LogP contribution is -2.25. The first-order chi connectivity index (χ1) is 7.72. The maximum Gasteiger partial charge on any atom is 0.224 e. The summed E-state index contributed by atoms with van der Waals surface area (Å²) in [5.41, 5.74) is 0. The summed E-state index contributed by atoms with van der Waals surface area (Å²) in [6, 6.07) is 0. The van der Waals surface area contributed by atoms with E-state index in [1.165, 1.54) is 12.8 Å². The van der Waals surface area contributed by atoms with E-state index in [0.29, 0.717) is 5.95 Å². The lowest BCUT2D eigenvalue weighted by atomic mass is 10.3. The van der Waals surface area contributed by atoms with Crippen molar-refractivity contribution in [1.82, 2.24) is 9.97 Å². The van der Waals surface area contributed by atoms with Crippen molar-refractivity contribution in [2.45, 2.75) is 26.7 Å². The molecule has 0 bridgehead atoms. The zero-order valence-electron chi connectivity index (χ0n) is 10.1. The summed E-state index contributed by atoms with van der Waals surface area (Å²) >= 11 is 3.50. The van der Waals surface area contributed by atoms with Crippen LogP contribution >= 0.6 is 15.9 Å². The van der Waals surface area contributed by atoms with E-state index in [2.05, 4.69) is 50.0 Å². The van der Waals surface area contributed by atoms with Gasteiger partial charge in [-0.2, -0.15) is 4.98 Å². The van der Waals surface area contributed by atoms with Crippen LogP contribution in [0.2, 0.25) is 0 Å². The minimum absolute atomic E-state index is 0.660. The quantitative estimate of drug-likeness (QED) is 0.873. The Kier molecular flexibility index (Phi) is 5.52. The van der Waals surface area contributed by atoms with Gasteiger partial charge in [-0.3, -0.25) is 0 Å². The number of nitrogens with zero attached hydrogens (tertiary/aromatic N) is 3. The molecule has 0 radical (unpaired) electrons. The molecule has 0 aliphatic heterocycles. The number of halogens is 1. The smallest absolute Gasteiger partial charge is 0.224 e. The Bertz CT molecular complexity index is 330. The molecule has 5 heteroatoms. The van der Waals surface area contributed by atoms with E-state index in [9.17, 15) is 0 Å². The minimum Gasteiger partial charge on any atom is -0.357 e. The molecule has 1 N–H and O–H groups in total. The molecule has 0 fully saturated rings. The van der Waals surface area contributed by atoms with Gasteiger partial charge in [0.15, 0.2) is 0 Å². The van der Waals surface area contributed by atoms with Gasteiger partial charge in [0.1, 0.15) is 5.82 Å². The fourth-order valence-corrected chi connectivity index (χ4v) is 1.90. The topological polar surface area (TPSA) is 41.1 Å². The van der Waals surface area contributed by atoms with Crippen molar-refractivity contribution < 1.29 is 0 Å². The molecule has 0 saturated carbocycles. The molecule has 4 nitrogen and oxygen atoms in total. The van der Waals surface area contributed by atoms with Gasteiger partial charge in [0.2, 0.25) is 5.95 Å². The van der Waals surface area contributed by atoms with Crippen LogP contribution in [0.15, 0.2) is 10.7 Å². The van der Waals surface area contributed by atoms with E-state index in [1.54, 1.807) is 6.20 Å². The van der Waals surface area contributed by atoms with Gasteiger partial charge in [0.25, 0.3) is 0 Å². The van der Waals surface area contributed by atoms with Crippen LogP contribution in [-0.2, 0) is 0 Å². The molecule has 0 aliphatic rings. The van der Waals surface area contributed by atoms with Gasteiger partial charge in [-0.15, -0.1) is 0 Å². The lowest BCUT2D eigenvalue weighted by Gasteiger charge is -2.23. The Hall–Kier alpha value is -0.840. The summed E-state index contributed by atoms with van der Waals surface area (Å²) in [6.07, 6.45) is 4.17. The molecule has 0 saturated heterocycles. The van der Waals surface area contributed by atoms with Crippen molar-refractivity contribution in [3.8, 4) is 0 Å². The molecule has 16 heavy (non-hydrogen) atoms. The molecule has 0 aromatic carbocycles. The van der Waals surface area contributed by atoms with Crippen LogP contribution in [0.1, 0.15) is 26.7 Å². The van der Waals surface area contributed by atoms with Gasteiger partial charge in [-0.25, -0.2) is 4.98 Å². The van der Waals surface area contributed by atoms with E-state index in [-0.39, 0.29) is 0 Å². The zero-order valence-corrected chi connectivity index (χ0v) is 11.7. The molecule has 90 valence electrons. The SMILES string of the molecule is CCCCN(CC)c1nc(NC)ncc1Br. The Morgan fingerprint density at radius 3 is 2.75 bits per heavy atom. The molecule has 1 aromatic heterocycles. The molecular formula is C11H19BrN4. The van der Waals surface area contributed by atoms with Crippen LogP contribution in [0.5, 0.6) is 0 Å². The third kappa shape index (κ3) is 3.33. The largest absolute Gasteiger partial charge is 0.357 e. The average Bonchev–Trinajstić information content (AvgIpc) is 2.32. The first-order valence-electron chi connectivity index (χ1n) is 5.68. The second-order valence-electron chi connectivity index (χ2n) is 3.55. The standard InChI is InChI=1S/C11H19BrN4/c1-4-6-7-16(5-2)10-9(12)8-14-11(13-3)15-10/h8H,4-7H2,1-3H3,(H,13,14,15). The van der Waals surface area contributed by atoms with Crippen LogP contribution in [0, 0.1) is 0 Å². The number of aromatic nitrogens is 2. The maximum atomic E-state index is 4.47. The van der Waals surface area contributed by atoms with Gasteiger partial charge in [-0.05, 0) is 29.3 Å². The molecule has 0 spiro atoms. The molecule has 0 atom stereocenters. The summed E-state index contributed by atoms with van der Waals surface area (Å²) < 4.78 is 0.949. The van der Waals surface area contributed by atoms with Crippen LogP contribution in [0.3, 0.4) is 0 Å². The number of unbranched alkanes of at least 4 members (excludes halogenated alkanes) is 1. The predicted octanol–water partition coefficient (Wildman–Crippen LogP) is 2.91. The second-order valence-corrected chi connectivity index (χ2v) is 4.40. The summed E-state index contributed by atoms with van der Waals surface area (Å²) in [6.45, 7) is 6.33. The number of nitrogens with one attached hydrogen (secondary N) is 1. The highest BCUT2D eigenvalue weighted by Gasteiger charge is 2.11. The fraction of sp³-hybridized carbons (Fsp3) is 0.636. The monoisotopic (exact) mass is 286 g/mol. The maximum absolute atomic E-state index is 4.47. The molecule has 0 unspecified atom stereocenters. The Labute approximate surface area is 106 Å². The lowest BCUT2D eigenvalue weighted by molar-refractivity contribution is 0.722. The van der Waals surface area contributed by atoms with Crippen molar-refractivity contribution in [2.24, 2.45) is 0 Å². The fourth-order valence-electron chi connectivity index (χ4n) is 1.46. The predicted molar refractivity (Wildman–Crippen MR) is 72.1 cm³/mol. The Morgan fingerprint density at radius 2 is 2.19 bits per heavy atom. The number of rotatable bonds is 6. The van der Waals surface area contributed by atoms with Gasteiger partial charge in [-0.1, -0.05) is 13.3 Å². The second kappa shape index (κ2) is 6.68. The van der Waals surface area contributed by atoms with Gasteiger partial charge in [0, 0.05) is 26.3 Å². The first-order valence-corrected chi connectivity index (χ1v) is 6.47. The van der Waals surface area contributed by atoms with Gasteiger partial charge in [0.05, 0.1) is 4.47 Å². The summed E-state index contributed by atoms with van der Waals surface area (Å²) in [5, 5.41) is 2.96. The highest BCUT2D eigenvalue weighted by atomic mass is 79.9. The van der Waals surface area contributed by atoms with Crippen LogP contribution in [-0.4, -0.2) is 30.1 Å². The highest BCUT2D eigenvalue weighted by Crippen LogP contribution is 2.24. The van der Waals surface area contributed by atoms with E-state index in [4.69, 9.17) is 0 Å². The molecule has 0 aliphatic carbocycles. The zero-order chi connectivity index (χ0) is 12.0. The molecular weight excluding hydrogens is 268 g/mol. The van der Waals surface area contributed by atoms with Crippen molar-refractivity contribution in [3.05, 3.63) is 10.7 Å². The Balaban J connectivity index is 2.89. The van der Waals surface area contributed by atoms with E-state index >= 15 is 0 Å². The van der Waals surface area contributed by atoms with Crippen LogP contribution in [0.25, 0.3) is 0 Å². The third-order valence-electron chi connectivity index (χ3n) is 2.41. The summed E-state index contributed by atoms with van der Waals surface area (Å²) in [7, 11) is 1.83. The van der Waals surface area contributed by atoms with E-state index in [0.717, 1.165) is 23.4 Å². The van der Waals surface area contributed by atoms with Crippen molar-refractivity contribution in [1.29, 1.82) is 0 Å². The van der Waals surface area contributed by atoms with Gasteiger partial charge >= 0.3 is 0 Å². The number of hydrogen-bond donors (Lipinski definition) is 1. The first kappa shape index (κ1) is 13.2. The number of anilines is 2. The molecule has 1 heterocycles. The molecule has 1 rings (SSSR count). The van der Waals surface area contributed by atoms with Crippen LogP contribution in [0.4, 0.5) is 11.8 Å². The third-order valence-corrected chi connectivity index (χ3v) is 2.97. The summed E-state index contributed by atoms with van der Waals surface area (Å²) in [4.78, 5) is 10.9. The molecule has 0 amide bonds. The van der Waals surface area contributed by atoms with Crippen molar-refractivity contribution in [2.75, 3.05) is 30.4 Å². The average molecular weight is 287 g/mol. The van der Waals surface area contributed by atoms with Crippen LogP contribution < -0.4 is 10.2 Å². The normalized spacial score (nSPS) is 10.2. The van der Waals surface area contributed by atoms with E-state index < -0.39 is 0 Å². The van der Waals surface area contributed by atoms with Gasteiger partial charge < -0.3 is 10.2 Å². The van der Waals surface area contributed by atoms with Crippen molar-refractivity contribution in [3.63, 3.8) is 0 Å². The molecule has 1 aromatic rings. The highest BCUT2D eigenvalue weighted by molar-refractivity contribution is 9.10. The Morgan fingerprint density at radius 1 is 1.44 bits per heavy atom. The summed E-state index contributed by atoms with van der Waals surface area (Å²) in [5.74, 6) is 1.63. The number of hydrogen-bond acceptors (Lipinski definition) is 4.